The average molecular weight is 671 g/mol. The third kappa shape index (κ3) is 4.73. The van der Waals surface area contributed by atoms with E-state index in [1.54, 1.807) is 0 Å². The lowest BCUT2D eigenvalue weighted by Gasteiger charge is -2.49. The van der Waals surface area contributed by atoms with E-state index in [2.05, 4.69) is 0 Å². The molecule has 4 heterocycles. The number of esters is 4. The van der Waals surface area contributed by atoms with Crippen molar-refractivity contribution in [2.45, 2.75) is 31.7 Å². The van der Waals surface area contributed by atoms with Crippen molar-refractivity contribution in [1.82, 2.24) is 4.57 Å². The molecule has 1 spiro atoms. The fourth-order valence-corrected chi connectivity index (χ4v) is 5.73. The van der Waals surface area contributed by atoms with Gasteiger partial charge in [-0.05, 0) is 19.9 Å². The molecule has 48 heavy (non-hydrogen) atoms. The maximum absolute atomic E-state index is 14.2. The number of anilines is 1. The molecule has 0 saturated carbocycles. The van der Waals surface area contributed by atoms with E-state index < -0.39 is 82.3 Å². The third-order valence-electron chi connectivity index (χ3n) is 7.82. The van der Waals surface area contributed by atoms with Crippen LogP contribution in [0.1, 0.15) is 19.4 Å². The Balaban J connectivity index is 1.88. The molecule has 0 atom stereocenters. The Kier molecular flexibility index (Phi) is 8.24. The molecule has 17 heteroatoms. The zero-order valence-electron chi connectivity index (χ0n) is 26.7. The van der Waals surface area contributed by atoms with Crippen molar-refractivity contribution in [3.8, 4) is 17.5 Å². The molecule has 2 N–H and O–H groups in total. The van der Waals surface area contributed by atoms with Gasteiger partial charge in [0.1, 0.15) is 23.6 Å². The van der Waals surface area contributed by atoms with Crippen LogP contribution in [0.2, 0.25) is 0 Å². The second-order valence-electron chi connectivity index (χ2n) is 10.7. The van der Waals surface area contributed by atoms with Crippen LogP contribution in [0.5, 0.6) is 17.5 Å². The van der Waals surface area contributed by atoms with E-state index in [0.717, 1.165) is 33.0 Å². The van der Waals surface area contributed by atoms with Crippen molar-refractivity contribution in [3.05, 3.63) is 64.5 Å². The fourth-order valence-electron chi connectivity index (χ4n) is 5.73. The summed E-state index contributed by atoms with van der Waals surface area (Å²) in [6.07, 6.45) is 0. The number of amides is 1. The van der Waals surface area contributed by atoms with Crippen LogP contribution in [0.15, 0.2) is 58.9 Å². The Morgan fingerprint density at radius 3 is 1.77 bits per heavy atom. The molecule has 2 aromatic rings. The molecule has 3 aliphatic rings. The van der Waals surface area contributed by atoms with E-state index in [4.69, 9.17) is 37.9 Å². The molecule has 1 aromatic carbocycles. The van der Waals surface area contributed by atoms with Crippen LogP contribution in [-0.4, -0.2) is 91.4 Å². The summed E-state index contributed by atoms with van der Waals surface area (Å²) in [6.45, 7) is 2.41. The highest BCUT2D eigenvalue weighted by Gasteiger charge is 2.66. The van der Waals surface area contributed by atoms with Crippen LogP contribution in [0.4, 0.5) is 5.69 Å². The number of carbonyl (C=O) groups excluding carboxylic acids is 5. The Hall–Kier alpha value is -6.13. The smallest absolute Gasteiger partial charge is 0.377 e. The van der Waals surface area contributed by atoms with Crippen molar-refractivity contribution in [3.63, 3.8) is 0 Å². The predicted octanol–water partition coefficient (Wildman–Crippen LogP) is 1.38. The van der Waals surface area contributed by atoms with Crippen molar-refractivity contribution in [2.75, 3.05) is 40.4 Å². The van der Waals surface area contributed by atoms with E-state index in [1.807, 2.05) is 0 Å². The second-order valence-corrected chi connectivity index (χ2v) is 10.7. The highest BCUT2D eigenvalue weighted by molar-refractivity contribution is 6.11. The first-order valence-electron chi connectivity index (χ1n) is 13.9. The Morgan fingerprint density at radius 1 is 0.750 bits per heavy atom. The number of methoxy groups -OCH3 is 5. The molecule has 0 bridgehead atoms. The molecule has 0 saturated heterocycles. The zero-order valence-corrected chi connectivity index (χ0v) is 26.7. The van der Waals surface area contributed by atoms with Gasteiger partial charge in [-0.3, -0.25) is 14.3 Å². The Morgan fingerprint density at radius 2 is 1.27 bits per heavy atom. The molecule has 0 aliphatic carbocycles. The van der Waals surface area contributed by atoms with Crippen molar-refractivity contribution < 1.29 is 72.1 Å². The number of aromatic hydroxyl groups is 2. The topological polar surface area (TPSA) is 208 Å². The minimum Gasteiger partial charge on any atom is -0.495 e. The SMILES string of the molecule is COC(=O)C1=C(C(=O)OC)OC2(O1)C(C(=O)OC)=C(C(=O)OC)OC1=C2c2cccc(OC)c2N(C(=O)Cn2c(O)ccc2O)C1(C)C. The fraction of sp³-hybridized carbons (Fsp3) is 0.323. The summed E-state index contributed by atoms with van der Waals surface area (Å²) >= 11 is 0. The first-order chi connectivity index (χ1) is 22.7. The molecule has 0 unspecified atom stereocenters. The van der Waals surface area contributed by atoms with Gasteiger partial charge in [0, 0.05) is 17.7 Å². The van der Waals surface area contributed by atoms with Crippen LogP contribution in [0, 0.1) is 0 Å². The van der Waals surface area contributed by atoms with Crippen LogP contribution < -0.4 is 9.64 Å². The molecule has 5 rings (SSSR count). The van der Waals surface area contributed by atoms with E-state index in [1.165, 1.54) is 56.2 Å². The van der Waals surface area contributed by atoms with Gasteiger partial charge in [0.25, 0.3) is 11.5 Å². The summed E-state index contributed by atoms with van der Waals surface area (Å²) in [5.41, 5.74) is -2.55. The number of hydrogen-bond donors (Lipinski definition) is 2. The van der Waals surface area contributed by atoms with E-state index in [0.29, 0.717) is 0 Å². The standard InChI is InChI=1S/C31H30N2O15/c1-30(2)25-19(14-9-8-10-15(41-3)21(14)33(30)18(36)13-32-16(34)11-12-17(32)35)31(20(26(37)42-4)22(46-25)27(38)43-5)47-23(28(39)44-6)24(48-31)29(40)45-7/h8-12,34-35H,13H2,1-7H3. The average Bonchev–Trinajstić information content (AvgIpc) is 3.62. The van der Waals surface area contributed by atoms with Crippen molar-refractivity contribution in [1.29, 1.82) is 0 Å². The normalized spacial score (nSPS) is 17.0. The molecule has 3 aliphatic heterocycles. The number of para-hydroxylation sites is 1. The van der Waals surface area contributed by atoms with Crippen LogP contribution >= 0.6 is 0 Å². The van der Waals surface area contributed by atoms with Gasteiger partial charge in [-0.25, -0.2) is 19.2 Å². The molecule has 0 radical (unpaired) electrons. The number of fused-ring (bicyclic) bond motifs is 3. The molecule has 1 amide bonds. The monoisotopic (exact) mass is 670 g/mol. The number of hydrogen-bond acceptors (Lipinski definition) is 15. The molecular formula is C31H30N2O15. The van der Waals surface area contributed by atoms with Gasteiger partial charge in [-0.15, -0.1) is 0 Å². The summed E-state index contributed by atoms with van der Waals surface area (Å²) in [5.74, 6) is -11.8. The maximum atomic E-state index is 14.2. The van der Waals surface area contributed by atoms with E-state index in [9.17, 15) is 34.2 Å². The van der Waals surface area contributed by atoms with Crippen LogP contribution in [0.3, 0.4) is 0 Å². The maximum Gasteiger partial charge on any atom is 0.377 e. The van der Waals surface area contributed by atoms with Gasteiger partial charge < -0.3 is 48.1 Å². The number of nitrogens with zero attached hydrogens (tertiary/aromatic N) is 2. The zero-order chi connectivity index (χ0) is 35.3. The quantitative estimate of drug-likeness (QED) is 0.315. The van der Waals surface area contributed by atoms with Crippen LogP contribution in [0.25, 0.3) is 5.57 Å². The van der Waals surface area contributed by atoms with Gasteiger partial charge >= 0.3 is 29.7 Å². The molecule has 254 valence electrons. The predicted molar refractivity (Wildman–Crippen MR) is 157 cm³/mol. The van der Waals surface area contributed by atoms with Gasteiger partial charge in [0.2, 0.25) is 11.7 Å². The summed E-state index contributed by atoms with van der Waals surface area (Å²) in [7, 11) is 5.31. The van der Waals surface area contributed by atoms with E-state index >= 15 is 0 Å². The number of aromatic nitrogens is 1. The number of ether oxygens (including phenoxy) is 8. The van der Waals surface area contributed by atoms with Crippen molar-refractivity contribution in [2.24, 2.45) is 0 Å². The van der Waals surface area contributed by atoms with Gasteiger partial charge in [-0.2, -0.15) is 0 Å². The summed E-state index contributed by atoms with van der Waals surface area (Å²) in [6, 6.07) is 6.88. The highest BCUT2D eigenvalue weighted by atomic mass is 16.8. The van der Waals surface area contributed by atoms with E-state index in [-0.39, 0.29) is 28.3 Å². The molecule has 17 nitrogen and oxygen atoms in total. The van der Waals surface area contributed by atoms with Gasteiger partial charge in [-0.1, -0.05) is 12.1 Å². The largest absolute Gasteiger partial charge is 0.495 e. The highest BCUT2D eigenvalue weighted by Crippen LogP contribution is 2.59. The summed E-state index contributed by atoms with van der Waals surface area (Å²) in [4.78, 5) is 68.3. The molecule has 0 fully saturated rings. The third-order valence-corrected chi connectivity index (χ3v) is 7.82. The summed E-state index contributed by atoms with van der Waals surface area (Å²) in [5, 5.41) is 20.6. The Bertz CT molecular complexity index is 1810. The molecular weight excluding hydrogens is 640 g/mol. The summed E-state index contributed by atoms with van der Waals surface area (Å²) < 4.78 is 44.5. The molecule has 1 aromatic heterocycles. The Labute approximate surface area is 272 Å². The number of rotatable bonds is 7. The second kappa shape index (κ2) is 11.9. The van der Waals surface area contributed by atoms with Crippen molar-refractivity contribution >= 4 is 41.0 Å². The van der Waals surface area contributed by atoms with Crippen LogP contribution in [-0.2, 0) is 63.7 Å². The van der Waals surface area contributed by atoms with Gasteiger partial charge in [0.05, 0.1) is 46.8 Å². The lowest BCUT2D eigenvalue weighted by Crippen LogP contribution is -2.57. The number of carbonyl (C=O) groups is 5. The number of benzene rings is 1. The lowest BCUT2D eigenvalue weighted by atomic mass is 9.78. The minimum absolute atomic E-state index is 0.0404. The van der Waals surface area contributed by atoms with Gasteiger partial charge in [0.15, 0.2) is 17.3 Å². The lowest BCUT2D eigenvalue weighted by molar-refractivity contribution is -0.158. The first kappa shape index (κ1) is 33.2. The minimum atomic E-state index is -2.71. The first-order valence-corrected chi connectivity index (χ1v) is 13.9.